The van der Waals surface area contributed by atoms with Gasteiger partial charge in [-0.25, -0.2) is 13.1 Å². The monoisotopic (exact) mass is 262 g/mol. The first kappa shape index (κ1) is 14.9. The molecule has 1 heterocycles. The van der Waals surface area contributed by atoms with E-state index in [1.165, 1.54) is 12.8 Å². The molecule has 1 rings (SSSR count). The van der Waals surface area contributed by atoms with Gasteiger partial charge in [-0.05, 0) is 43.7 Å². The highest BCUT2D eigenvalue weighted by molar-refractivity contribution is 7.89. The summed E-state index contributed by atoms with van der Waals surface area (Å²) < 4.78 is 26.2. The van der Waals surface area contributed by atoms with Crippen molar-refractivity contribution in [2.24, 2.45) is 11.3 Å². The summed E-state index contributed by atoms with van der Waals surface area (Å²) in [5.74, 6) is 0.823. The third-order valence-electron chi connectivity index (χ3n) is 2.90. The molecule has 17 heavy (non-hydrogen) atoms. The van der Waals surface area contributed by atoms with Crippen LogP contribution >= 0.6 is 0 Å². The Balaban J connectivity index is 2.25. The first-order valence-electron chi connectivity index (χ1n) is 6.47. The summed E-state index contributed by atoms with van der Waals surface area (Å²) in [6, 6.07) is 0. The van der Waals surface area contributed by atoms with E-state index in [9.17, 15) is 8.42 Å². The molecule has 5 heteroatoms. The van der Waals surface area contributed by atoms with Crippen LogP contribution in [0.5, 0.6) is 0 Å². The fourth-order valence-corrected chi connectivity index (χ4v) is 3.88. The minimum atomic E-state index is -3.11. The summed E-state index contributed by atoms with van der Waals surface area (Å²) in [5.41, 5.74) is -0.182. The summed E-state index contributed by atoms with van der Waals surface area (Å²) in [7, 11) is -3.11. The number of piperidine rings is 1. The Bertz CT molecular complexity index is 314. The Labute approximate surface area is 106 Å². The lowest BCUT2D eigenvalue weighted by molar-refractivity contribution is 0.358. The molecule has 0 aromatic carbocycles. The van der Waals surface area contributed by atoms with E-state index in [0.29, 0.717) is 12.5 Å². The molecule has 0 aromatic rings. The van der Waals surface area contributed by atoms with Gasteiger partial charge in [-0.15, -0.1) is 0 Å². The van der Waals surface area contributed by atoms with E-state index in [1.807, 2.05) is 20.8 Å². The molecule has 1 atom stereocenters. The quantitative estimate of drug-likeness (QED) is 0.786. The van der Waals surface area contributed by atoms with Crippen LogP contribution < -0.4 is 10.0 Å². The van der Waals surface area contributed by atoms with Crippen molar-refractivity contribution in [3.05, 3.63) is 0 Å². The van der Waals surface area contributed by atoms with Gasteiger partial charge in [-0.2, -0.15) is 0 Å². The van der Waals surface area contributed by atoms with Crippen LogP contribution in [-0.4, -0.2) is 33.8 Å². The second-order valence-corrected chi connectivity index (χ2v) is 8.02. The van der Waals surface area contributed by atoms with Gasteiger partial charge in [-0.3, -0.25) is 0 Å². The van der Waals surface area contributed by atoms with E-state index in [2.05, 4.69) is 10.0 Å². The highest BCUT2D eigenvalue weighted by atomic mass is 32.2. The average molecular weight is 262 g/mol. The molecule has 0 spiro atoms. The minimum Gasteiger partial charge on any atom is -0.316 e. The summed E-state index contributed by atoms with van der Waals surface area (Å²) in [4.78, 5) is 0. The van der Waals surface area contributed by atoms with Gasteiger partial charge in [0.25, 0.3) is 0 Å². The number of rotatable bonds is 5. The molecule has 4 nitrogen and oxygen atoms in total. The first-order valence-corrected chi connectivity index (χ1v) is 8.12. The molecule has 1 unspecified atom stereocenters. The van der Waals surface area contributed by atoms with Gasteiger partial charge in [0.2, 0.25) is 10.0 Å². The Hall–Kier alpha value is -0.130. The van der Waals surface area contributed by atoms with E-state index in [0.717, 1.165) is 19.5 Å². The number of hydrogen-bond acceptors (Lipinski definition) is 3. The zero-order valence-corrected chi connectivity index (χ0v) is 12.1. The molecule has 1 fully saturated rings. The van der Waals surface area contributed by atoms with Gasteiger partial charge in [-0.1, -0.05) is 20.8 Å². The van der Waals surface area contributed by atoms with Crippen molar-refractivity contribution in [2.45, 2.75) is 40.0 Å². The maximum Gasteiger partial charge on any atom is 0.212 e. The number of nitrogens with one attached hydrogen (secondary N) is 2. The fourth-order valence-electron chi connectivity index (χ4n) is 2.21. The molecule has 1 aliphatic rings. The van der Waals surface area contributed by atoms with Gasteiger partial charge >= 0.3 is 0 Å². The standard InChI is InChI=1S/C12H26N2O2S/c1-12(2,3)10-17(15,16)14-8-6-11-5-4-7-13-9-11/h11,13-14H,4-10H2,1-3H3. The maximum atomic E-state index is 11.8. The van der Waals surface area contributed by atoms with Gasteiger partial charge < -0.3 is 5.32 Å². The van der Waals surface area contributed by atoms with Gasteiger partial charge in [0.05, 0.1) is 5.75 Å². The Morgan fingerprint density at radius 1 is 1.35 bits per heavy atom. The lowest BCUT2D eigenvalue weighted by Crippen LogP contribution is -2.36. The van der Waals surface area contributed by atoms with Gasteiger partial charge in [0.1, 0.15) is 0 Å². The smallest absolute Gasteiger partial charge is 0.212 e. The molecule has 1 saturated heterocycles. The zero-order valence-electron chi connectivity index (χ0n) is 11.3. The number of sulfonamides is 1. The number of hydrogen-bond donors (Lipinski definition) is 2. The SMILES string of the molecule is CC(C)(C)CS(=O)(=O)NCCC1CCCNC1. The third-order valence-corrected chi connectivity index (χ3v) is 4.79. The van der Waals surface area contributed by atoms with Crippen LogP contribution in [-0.2, 0) is 10.0 Å². The van der Waals surface area contributed by atoms with Crippen molar-refractivity contribution in [1.29, 1.82) is 0 Å². The predicted octanol–water partition coefficient (Wildman–Crippen LogP) is 1.34. The largest absolute Gasteiger partial charge is 0.316 e. The van der Waals surface area contributed by atoms with E-state index in [4.69, 9.17) is 0 Å². The first-order chi connectivity index (χ1) is 7.79. The molecule has 0 bridgehead atoms. The van der Waals surface area contributed by atoms with Crippen molar-refractivity contribution < 1.29 is 8.42 Å². The highest BCUT2D eigenvalue weighted by Gasteiger charge is 2.21. The van der Waals surface area contributed by atoms with Crippen LogP contribution in [0.25, 0.3) is 0 Å². The lowest BCUT2D eigenvalue weighted by atomic mass is 9.96. The molecule has 0 amide bonds. The van der Waals surface area contributed by atoms with Crippen molar-refractivity contribution in [3.63, 3.8) is 0 Å². The molecule has 2 N–H and O–H groups in total. The molecule has 1 aliphatic heterocycles. The Morgan fingerprint density at radius 3 is 2.59 bits per heavy atom. The maximum absolute atomic E-state index is 11.8. The second kappa shape index (κ2) is 6.16. The molecule has 102 valence electrons. The Morgan fingerprint density at radius 2 is 2.06 bits per heavy atom. The van der Waals surface area contributed by atoms with Crippen molar-refractivity contribution in [3.8, 4) is 0 Å². The van der Waals surface area contributed by atoms with Crippen molar-refractivity contribution in [2.75, 3.05) is 25.4 Å². The summed E-state index contributed by atoms with van der Waals surface area (Å²) in [6.07, 6.45) is 3.36. The highest BCUT2D eigenvalue weighted by Crippen LogP contribution is 2.16. The molecular weight excluding hydrogens is 236 g/mol. The van der Waals surface area contributed by atoms with E-state index >= 15 is 0 Å². The lowest BCUT2D eigenvalue weighted by Gasteiger charge is -2.23. The summed E-state index contributed by atoms with van der Waals surface area (Å²) in [5, 5.41) is 3.34. The predicted molar refractivity (Wildman–Crippen MR) is 71.5 cm³/mol. The van der Waals surface area contributed by atoms with E-state index < -0.39 is 10.0 Å². The fraction of sp³-hybridized carbons (Fsp3) is 1.00. The van der Waals surface area contributed by atoms with Crippen LogP contribution in [0.3, 0.4) is 0 Å². The van der Waals surface area contributed by atoms with Crippen molar-refractivity contribution >= 4 is 10.0 Å². The van der Waals surface area contributed by atoms with E-state index in [1.54, 1.807) is 0 Å². The third kappa shape index (κ3) is 7.01. The van der Waals surface area contributed by atoms with Crippen LogP contribution in [0, 0.1) is 11.3 Å². The summed E-state index contributed by atoms with van der Waals surface area (Å²) in [6.45, 7) is 8.53. The minimum absolute atomic E-state index is 0.182. The van der Waals surface area contributed by atoms with Crippen LogP contribution in [0.15, 0.2) is 0 Å². The normalized spacial score (nSPS) is 22.6. The van der Waals surface area contributed by atoms with Crippen molar-refractivity contribution in [1.82, 2.24) is 10.0 Å². The van der Waals surface area contributed by atoms with Crippen LogP contribution in [0.1, 0.15) is 40.0 Å². The molecule has 0 aromatic heterocycles. The molecule has 0 saturated carbocycles. The second-order valence-electron chi connectivity index (χ2n) is 6.22. The average Bonchev–Trinajstić information content (AvgIpc) is 2.15. The van der Waals surface area contributed by atoms with Crippen LogP contribution in [0.2, 0.25) is 0 Å². The Kier molecular flexibility index (Phi) is 5.41. The summed E-state index contributed by atoms with van der Waals surface area (Å²) >= 11 is 0. The van der Waals surface area contributed by atoms with E-state index in [-0.39, 0.29) is 11.2 Å². The molecule has 0 aliphatic carbocycles. The zero-order chi connectivity index (χ0) is 12.9. The topological polar surface area (TPSA) is 58.2 Å². The van der Waals surface area contributed by atoms with Gasteiger partial charge in [0, 0.05) is 6.54 Å². The van der Waals surface area contributed by atoms with Gasteiger partial charge in [0.15, 0.2) is 0 Å². The molecule has 0 radical (unpaired) electrons. The van der Waals surface area contributed by atoms with Crippen LogP contribution in [0.4, 0.5) is 0 Å². The molecular formula is C12H26N2O2S.